The van der Waals surface area contributed by atoms with Crippen molar-refractivity contribution in [1.29, 1.82) is 0 Å². The first kappa shape index (κ1) is 16.7. The van der Waals surface area contributed by atoms with Crippen LogP contribution in [-0.4, -0.2) is 18.0 Å². The summed E-state index contributed by atoms with van der Waals surface area (Å²) < 4.78 is 7.25. The third-order valence-electron chi connectivity index (χ3n) is 2.54. The summed E-state index contributed by atoms with van der Waals surface area (Å²) in [7, 11) is 1.64. The number of ether oxygens (including phenoxy) is 1. The Balaban J connectivity index is 0.000000612. The molecule has 0 aliphatic rings. The number of Topliss-reactive ketones (excluding diaryl/α,β-unsaturated/α-hetero) is 1. The highest BCUT2D eigenvalue weighted by Crippen LogP contribution is 2.35. The minimum absolute atomic E-state index is 0.226. The Labute approximate surface area is 131 Å². The molecule has 1 aromatic carbocycles. The second kappa shape index (κ2) is 8.07. The van der Waals surface area contributed by atoms with Gasteiger partial charge in [0.25, 0.3) is 0 Å². The van der Waals surface area contributed by atoms with Crippen LogP contribution in [0.2, 0.25) is 0 Å². The molecule has 0 unspecified atom stereocenters. The quantitative estimate of drug-likeness (QED) is 0.593. The predicted octanol–water partition coefficient (Wildman–Crippen LogP) is 5.34. The van der Waals surface area contributed by atoms with Crippen molar-refractivity contribution in [1.82, 2.24) is 0 Å². The molecular formula is C15H17BrO3S. The van der Waals surface area contributed by atoms with Gasteiger partial charge >= 0.3 is 0 Å². The van der Waals surface area contributed by atoms with E-state index in [9.17, 15) is 4.79 Å². The van der Waals surface area contributed by atoms with Crippen molar-refractivity contribution in [3.05, 3.63) is 40.4 Å². The van der Waals surface area contributed by atoms with Crippen LogP contribution >= 0.6 is 27.3 Å². The minimum Gasteiger partial charge on any atom is -0.516 e. The highest BCUT2D eigenvalue weighted by molar-refractivity contribution is 9.10. The maximum absolute atomic E-state index is 11.8. The van der Waals surface area contributed by atoms with Crippen molar-refractivity contribution in [2.24, 2.45) is 0 Å². The summed E-state index contributed by atoms with van der Waals surface area (Å²) in [6, 6.07) is 5.92. The van der Waals surface area contributed by atoms with E-state index in [0.29, 0.717) is 6.42 Å². The smallest absolute Gasteiger partial charge is 0.172 e. The number of aliphatic hydroxyl groups excluding tert-OH is 1. The van der Waals surface area contributed by atoms with Crippen LogP contribution in [0.15, 0.2) is 35.5 Å². The topological polar surface area (TPSA) is 46.5 Å². The van der Waals surface area contributed by atoms with Crippen molar-refractivity contribution in [3.8, 4) is 5.75 Å². The Morgan fingerprint density at radius 3 is 2.70 bits per heavy atom. The number of aliphatic hydroxyl groups is 1. The first-order valence-corrected chi connectivity index (χ1v) is 7.73. The number of fused-ring (bicyclic) bond motifs is 1. The number of benzene rings is 1. The first-order chi connectivity index (χ1) is 9.57. The molecule has 0 bridgehead atoms. The Morgan fingerprint density at radius 1 is 1.50 bits per heavy atom. The summed E-state index contributed by atoms with van der Waals surface area (Å²) in [4.78, 5) is 12.7. The van der Waals surface area contributed by atoms with Crippen LogP contribution in [0.25, 0.3) is 10.1 Å². The van der Waals surface area contributed by atoms with Crippen LogP contribution in [0.3, 0.4) is 0 Å². The summed E-state index contributed by atoms with van der Waals surface area (Å²) in [5.41, 5.74) is 0. The first-order valence-electron chi connectivity index (χ1n) is 6.12. The second-order valence-electron chi connectivity index (χ2n) is 3.99. The zero-order valence-electron chi connectivity index (χ0n) is 11.5. The van der Waals surface area contributed by atoms with Crippen LogP contribution in [0, 0.1) is 0 Å². The molecule has 0 saturated carbocycles. The van der Waals surface area contributed by atoms with Crippen molar-refractivity contribution in [3.63, 3.8) is 0 Å². The standard InChI is InChI=1S/C13H13BrO2S.C2H4O/c1-3-4-10(15)13-6-8-5-9(14)11(16-2)7-12(8)17-13;1-2-3/h5-7H,3-4H2,1-2H3;2-3H,1H2. The maximum Gasteiger partial charge on any atom is 0.172 e. The highest BCUT2D eigenvalue weighted by atomic mass is 79.9. The lowest BCUT2D eigenvalue weighted by molar-refractivity contribution is 0.0985. The number of thiophene rings is 1. The van der Waals surface area contributed by atoms with Gasteiger partial charge < -0.3 is 9.84 Å². The van der Waals surface area contributed by atoms with Gasteiger partial charge in [-0.25, -0.2) is 0 Å². The third-order valence-corrected chi connectivity index (χ3v) is 4.30. The Morgan fingerprint density at radius 2 is 2.15 bits per heavy atom. The van der Waals surface area contributed by atoms with Gasteiger partial charge in [0.15, 0.2) is 5.78 Å². The number of methoxy groups -OCH3 is 1. The fraction of sp³-hybridized carbons (Fsp3) is 0.267. The zero-order valence-corrected chi connectivity index (χ0v) is 13.9. The summed E-state index contributed by atoms with van der Waals surface area (Å²) in [6.45, 7) is 4.94. The van der Waals surface area contributed by atoms with Crippen molar-refractivity contribution in [2.75, 3.05) is 7.11 Å². The van der Waals surface area contributed by atoms with E-state index in [0.717, 1.165) is 37.9 Å². The molecule has 1 heterocycles. The Bertz CT molecular complexity index is 604. The van der Waals surface area contributed by atoms with Crippen LogP contribution in [0.1, 0.15) is 29.4 Å². The minimum atomic E-state index is 0.226. The van der Waals surface area contributed by atoms with Gasteiger partial charge in [0.05, 0.1) is 22.7 Å². The monoisotopic (exact) mass is 356 g/mol. The van der Waals surface area contributed by atoms with Crippen LogP contribution < -0.4 is 4.74 Å². The van der Waals surface area contributed by atoms with Crippen LogP contribution in [-0.2, 0) is 0 Å². The molecule has 2 rings (SSSR count). The molecule has 1 aromatic heterocycles. The number of hydrogen-bond acceptors (Lipinski definition) is 4. The normalized spacial score (nSPS) is 9.75. The fourth-order valence-corrected chi connectivity index (χ4v) is 3.25. The number of carbonyl (C=O) groups excluding carboxylic acids is 1. The number of rotatable bonds is 4. The number of hydrogen-bond donors (Lipinski definition) is 1. The molecule has 0 saturated heterocycles. The summed E-state index contributed by atoms with van der Waals surface area (Å²) >= 11 is 4.98. The van der Waals surface area contributed by atoms with E-state index in [4.69, 9.17) is 9.84 Å². The van der Waals surface area contributed by atoms with E-state index in [1.807, 2.05) is 25.1 Å². The molecule has 108 valence electrons. The molecule has 2 aromatic rings. The highest BCUT2D eigenvalue weighted by Gasteiger charge is 2.11. The molecule has 0 fully saturated rings. The average Bonchev–Trinajstić information content (AvgIpc) is 2.81. The SMILES string of the molecule is C=CO.CCCC(=O)c1cc2cc(Br)c(OC)cc2s1. The number of halogens is 1. The Hall–Kier alpha value is -1.33. The van der Waals surface area contributed by atoms with Crippen molar-refractivity contribution < 1.29 is 14.6 Å². The summed E-state index contributed by atoms with van der Waals surface area (Å²) in [6.07, 6.45) is 2.26. The molecular weight excluding hydrogens is 340 g/mol. The van der Waals surface area contributed by atoms with E-state index < -0.39 is 0 Å². The summed E-state index contributed by atoms with van der Waals surface area (Å²) in [5.74, 6) is 1.03. The second-order valence-corrected chi connectivity index (χ2v) is 5.93. The number of ketones is 1. The average molecular weight is 357 g/mol. The van der Waals surface area contributed by atoms with E-state index in [-0.39, 0.29) is 5.78 Å². The van der Waals surface area contributed by atoms with Gasteiger partial charge in [-0.05, 0) is 45.9 Å². The van der Waals surface area contributed by atoms with Gasteiger partial charge in [-0.1, -0.05) is 13.5 Å². The van der Waals surface area contributed by atoms with E-state index >= 15 is 0 Å². The molecule has 5 heteroatoms. The van der Waals surface area contributed by atoms with Crippen LogP contribution in [0.4, 0.5) is 0 Å². The van der Waals surface area contributed by atoms with Gasteiger partial charge in [0.2, 0.25) is 0 Å². The maximum atomic E-state index is 11.8. The largest absolute Gasteiger partial charge is 0.516 e. The van der Waals surface area contributed by atoms with Gasteiger partial charge in [-0.3, -0.25) is 4.79 Å². The van der Waals surface area contributed by atoms with Crippen molar-refractivity contribution in [2.45, 2.75) is 19.8 Å². The summed E-state index contributed by atoms with van der Waals surface area (Å²) in [5, 5.41) is 8.42. The van der Waals surface area contributed by atoms with Gasteiger partial charge in [-0.2, -0.15) is 0 Å². The Kier molecular flexibility index (Phi) is 6.75. The molecule has 0 spiro atoms. The lowest BCUT2D eigenvalue weighted by atomic mass is 10.2. The fourth-order valence-electron chi connectivity index (χ4n) is 1.68. The van der Waals surface area contributed by atoms with Crippen molar-refractivity contribution >= 4 is 43.1 Å². The lowest BCUT2D eigenvalue weighted by Gasteiger charge is -2.01. The van der Waals surface area contributed by atoms with E-state index in [1.165, 1.54) is 11.3 Å². The molecule has 0 atom stereocenters. The molecule has 0 amide bonds. The molecule has 0 aliphatic heterocycles. The van der Waals surface area contributed by atoms with Gasteiger partial charge in [-0.15, -0.1) is 11.3 Å². The lowest BCUT2D eigenvalue weighted by Crippen LogP contribution is -1.93. The van der Waals surface area contributed by atoms with E-state index in [2.05, 4.69) is 22.5 Å². The van der Waals surface area contributed by atoms with Crippen LogP contribution in [0.5, 0.6) is 5.75 Å². The number of carbonyl (C=O) groups is 1. The molecule has 3 nitrogen and oxygen atoms in total. The molecule has 20 heavy (non-hydrogen) atoms. The molecule has 0 radical (unpaired) electrons. The third kappa shape index (κ3) is 4.08. The van der Waals surface area contributed by atoms with Gasteiger partial charge in [0, 0.05) is 11.1 Å². The zero-order chi connectivity index (χ0) is 15.1. The molecule has 0 aliphatic carbocycles. The van der Waals surface area contributed by atoms with E-state index in [1.54, 1.807) is 7.11 Å². The predicted molar refractivity (Wildman–Crippen MR) is 88.1 cm³/mol. The molecule has 1 N–H and O–H groups in total. The van der Waals surface area contributed by atoms with Gasteiger partial charge in [0.1, 0.15) is 5.75 Å².